The molecule has 2 aliphatic rings. The number of aromatic nitrogens is 1. The molecule has 0 bridgehead atoms. The summed E-state index contributed by atoms with van der Waals surface area (Å²) in [5.74, 6) is 0. The van der Waals surface area contributed by atoms with Crippen LogP contribution in [0.1, 0.15) is 23.2 Å². The number of ether oxygens (including phenoxy) is 1. The van der Waals surface area contributed by atoms with Crippen LogP contribution in [0.15, 0.2) is 41.4 Å². The van der Waals surface area contributed by atoms with Gasteiger partial charge in [0.25, 0.3) is 10.0 Å². The number of sulfonamides is 1. The quantitative estimate of drug-likeness (QED) is 0.852. The number of anilines is 1. The number of pyridine rings is 1. The standard InChI is InChI=1S/C16H16N2O3S/c19-22(20,14-6-5-12-10-21-11-13(12)9-14)18-8-2-3-15-16(18)4-1-7-17-15/h1,4-7,9H,2-3,8,10-11H2. The average molecular weight is 316 g/mol. The smallest absolute Gasteiger partial charge is 0.264 e. The highest BCUT2D eigenvalue weighted by Crippen LogP contribution is 2.32. The van der Waals surface area contributed by atoms with Crippen LogP contribution in [0.5, 0.6) is 0 Å². The van der Waals surface area contributed by atoms with E-state index < -0.39 is 10.0 Å². The van der Waals surface area contributed by atoms with E-state index in [4.69, 9.17) is 4.74 Å². The van der Waals surface area contributed by atoms with Crippen LogP contribution in [0, 0.1) is 0 Å². The van der Waals surface area contributed by atoms with E-state index in [1.165, 1.54) is 4.31 Å². The lowest BCUT2D eigenvalue weighted by molar-refractivity contribution is 0.134. The first kappa shape index (κ1) is 13.7. The second kappa shape index (κ2) is 5.07. The lowest BCUT2D eigenvalue weighted by Crippen LogP contribution is -2.35. The van der Waals surface area contributed by atoms with Gasteiger partial charge in [-0.25, -0.2) is 8.42 Å². The Morgan fingerprint density at radius 3 is 2.91 bits per heavy atom. The number of aryl methyl sites for hydroxylation is 1. The van der Waals surface area contributed by atoms with Crippen molar-refractivity contribution in [1.29, 1.82) is 0 Å². The zero-order valence-electron chi connectivity index (χ0n) is 12.0. The summed E-state index contributed by atoms with van der Waals surface area (Å²) in [6.45, 7) is 1.54. The van der Waals surface area contributed by atoms with Gasteiger partial charge in [0.05, 0.1) is 29.5 Å². The van der Waals surface area contributed by atoms with Gasteiger partial charge in [-0.05, 0) is 48.2 Å². The Balaban J connectivity index is 1.79. The molecule has 2 aliphatic heterocycles. The molecule has 0 fully saturated rings. The van der Waals surface area contributed by atoms with Crippen molar-refractivity contribution in [2.24, 2.45) is 0 Å². The average Bonchev–Trinajstić information content (AvgIpc) is 3.02. The minimum atomic E-state index is -3.56. The fourth-order valence-corrected chi connectivity index (χ4v) is 4.63. The zero-order valence-corrected chi connectivity index (χ0v) is 12.8. The highest BCUT2D eigenvalue weighted by atomic mass is 32.2. The first-order valence-electron chi connectivity index (χ1n) is 7.32. The van der Waals surface area contributed by atoms with E-state index in [0.717, 1.165) is 29.7 Å². The number of hydrogen-bond donors (Lipinski definition) is 0. The Hall–Kier alpha value is -1.92. The summed E-state index contributed by atoms with van der Waals surface area (Å²) < 4.78 is 32.9. The Kier molecular flexibility index (Phi) is 3.16. The molecule has 0 N–H and O–H groups in total. The van der Waals surface area contributed by atoms with Gasteiger partial charge in [0, 0.05) is 12.7 Å². The summed E-state index contributed by atoms with van der Waals surface area (Å²) in [4.78, 5) is 4.64. The van der Waals surface area contributed by atoms with Crippen molar-refractivity contribution in [3.63, 3.8) is 0 Å². The van der Waals surface area contributed by atoms with Gasteiger partial charge in [0.15, 0.2) is 0 Å². The fraction of sp³-hybridized carbons (Fsp3) is 0.312. The van der Waals surface area contributed by atoms with E-state index in [0.29, 0.717) is 30.3 Å². The van der Waals surface area contributed by atoms with Crippen molar-refractivity contribution in [3.8, 4) is 0 Å². The summed E-state index contributed by atoms with van der Waals surface area (Å²) in [6, 6.07) is 8.87. The fourth-order valence-electron chi connectivity index (χ4n) is 3.05. The number of hydrogen-bond acceptors (Lipinski definition) is 4. The van der Waals surface area contributed by atoms with Crippen molar-refractivity contribution >= 4 is 15.7 Å². The Labute approximate surface area is 129 Å². The highest BCUT2D eigenvalue weighted by molar-refractivity contribution is 7.92. The zero-order chi connectivity index (χ0) is 15.2. The van der Waals surface area contributed by atoms with Crippen molar-refractivity contribution in [2.45, 2.75) is 31.0 Å². The first-order valence-corrected chi connectivity index (χ1v) is 8.76. The highest BCUT2D eigenvalue weighted by Gasteiger charge is 2.30. The third-order valence-electron chi connectivity index (χ3n) is 4.19. The lowest BCUT2D eigenvalue weighted by Gasteiger charge is -2.29. The molecule has 0 saturated heterocycles. The molecule has 4 rings (SSSR count). The molecule has 0 aliphatic carbocycles. The van der Waals surface area contributed by atoms with Crippen LogP contribution in [-0.2, 0) is 34.4 Å². The molecule has 22 heavy (non-hydrogen) atoms. The van der Waals surface area contributed by atoms with E-state index in [1.54, 1.807) is 24.4 Å². The van der Waals surface area contributed by atoms with Gasteiger partial charge in [0.2, 0.25) is 0 Å². The minimum absolute atomic E-state index is 0.327. The van der Waals surface area contributed by atoms with Crippen LogP contribution in [-0.4, -0.2) is 19.9 Å². The van der Waals surface area contributed by atoms with Crippen LogP contribution >= 0.6 is 0 Å². The SMILES string of the molecule is O=S(=O)(c1ccc2c(c1)COC2)N1CCCc2ncccc21. The van der Waals surface area contributed by atoms with E-state index in [1.807, 2.05) is 12.1 Å². The van der Waals surface area contributed by atoms with Crippen molar-refractivity contribution in [2.75, 3.05) is 10.8 Å². The number of rotatable bonds is 2. The molecule has 5 nitrogen and oxygen atoms in total. The Morgan fingerprint density at radius 2 is 2.00 bits per heavy atom. The second-order valence-corrected chi connectivity index (χ2v) is 7.44. The van der Waals surface area contributed by atoms with Gasteiger partial charge < -0.3 is 4.74 Å². The molecule has 0 spiro atoms. The monoisotopic (exact) mass is 316 g/mol. The summed E-state index contributed by atoms with van der Waals surface area (Å²) in [5, 5.41) is 0. The number of benzene rings is 1. The molecule has 1 aromatic carbocycles. The van der Waals surface area contributed by atoms with Crippen LogP contribution in [0.4, 0.5) is 5.69 Å². The number of fused-ring (bicyclic) bond motifs is 2. The van der Waals surface area contributed by atoms with Crippen LogP contribution in [0.25, 0.3) is 0 Å². The molecule has 0 unspecified atom stereocenters. The van der Waals surface area contributed by atoms with Crippen LogP contribution in [0.2, 0.25) is 0 Å². The van der Waals surface area contributed by atoms with E-state index in [-0.39, 0.29) is 0 Å². The third kappa shape index (κ3) is 2.10. The maximum atomic E-state index is 13.0. The van der Waals surface area contributed by atoms with Gasteiger partial charge in [-0.1, -0.05) is 6.07 Å². The Bertz CT molecular complexity index is 833. The normalized spacial score (nSPS) is 17.2. The minimum Gasteiger partial charge on any atom is -0.372 e. The van der Waals surface area contributed by atoms with E-state index >= 15 is 0 Å². The predicted molar refractivity (Wildman–Crippen MR) is 82.0 cm³/mol. The predicted octanol–water partition coefficient (Wildman–Crippen LogP) is 2.25. The molecule has 3 heterocycles. The topological polar surface area (TPSA) is 59.5 Å². The van der Waals surface area contributed by atoms with Gasteiger partial charge in [-0.3, -0.25) is 9.29 Å². The molecule has 1 aromatic heterocycles. The van der Waals surface area contributed by atoms with Crippen molar-refractivity contribution in [3.05, 3.63) is 53.3 Å². The first-order chi connectivity index (χ1) is 10.7. The molecule has 6 heteroatoms. The van der Waals surface area contributed by atoms with E-state index in [9.17, 15) is 8.42 Å². The maximum absolute atomic E-state index is 13.0. The summed E-state index contributed by atoms with van der Waals surface area (Å²) in [7, 11) is -3.56. The molecule has 0 saturated carbocycles. The van der Waals surface area contributed by atoms with Crippen molar-refractivity contribution < 1.29 is 13.2 Å². The molecule has 0 radical (unpaired) electrons. The molecule has 0 amide bonds. The maximum Gasteiger partial charge on any atom is 0.264 e. The molecule has 2 aromatic rings. The van der Waals surface area contributed by atoms with Gasteiger partial charge in [0.1, 0.15) is 0 Å². The summed E-state index contributed by atoms with van der Waals surface area (Å²) in [6.07, 6.45) is 3.32. The molecular formula is C16H16N2O3S. The van der Waals surface area contributed by atoms with Crippen LogP contribution < -0.4 is 4.31 Å². The summed E-state index contributed by atoms with van der Waals surface area (Å²) >= 11 is 0. The molecule has 0 atom stereocenters. The van der Waals surface area contributed by atoms with E-state index in [2.05, 4.69) is 4.98 Å². The molecule has 114 valence electrons. The second-order valence-electron chi connectivity index (χ2n) is 5.57. The van der Waals surface area contributed by atoms with Gasteiger partial charge in [-0.2, -0.15) is 0 Å². The van der Waals surface area contributed by atoms with Gasteiger partial charge >= 0.3 is 0 Å². The van der Waals surface area contributed by atoms with Crippen molar-refractivity contribution in [1.82, 2.24) is 4.98 Å². The summed E-state index contributed by atoms with van der Waals surface area (Å²) in [5.41, 5.74) is 3.58. The third-order valence-corrected chi connectivity index (χ3v) is 6.00. The lowest BCUT2D eigenvalue weighted by atomic mass is 10.1. The number of nitrogens with zero attached hydrogens (tertiary/aromatic N) is 2. The largest absolute Gasteiger partial charge is 0.372 e. The van der Waals surface area contributed by atoms with Crippen LogP contribution in [0.3, 0.4) is 0 Å². The Morgan fingerprint density at radius 1 is 1.14 bits per heavy atom. The van der Waals surface area contributed by atoms with Gasteiger partial charge in [-0.15, -0.1) is 0 Å². The molecular weight excluding hydrogens is 300 g/mol.